The molecule has 0 aliphatic carbocycles. The van der Waals surface area contributed by atoms with Crippen molar-refractivity contribution < 1.29 is 9.34 Å². The summed E-state index contributed by atoms with van der Waals surface area (Å²) < 4.78 is 5.83. The molecule has 0 amide bonds. The van der Waals surface area contributed by atoms with E-state index in [1.165, 1.54) is 12.3 Å². The third-order valence-electron chi connectivity index (χ3n) is 5.36. The number of hydrogen-bond acceptors (Lipinski definition) is 10. The summed E-state index contributed by atoms with van der Waals surface area (Å²) in [5, 5.41) is 21.6. The van der Waals surface area contributed by atoms with Gasteiger partial charge in [0.2, 0.25) is 17.8 Å². The predicted molar refractivity (Wildman–Crippen MR) is 146 cm³/mol. The number of hydrazone groups is 1. The van der Waals surface area contributed by atoms with Gasteiger partial charge < -0.3 is 15.1 Å². The number of hydrogen-bond donors (Lipinski definition) is 3. The van der Waals surface area contributed by atoms with Crippen molar-refractivity contribution in [3.63, 3.8) is 0 Å². The lowest BCUT2D eigenvalue weighted by Crippen LogP contribution is -2.07. The third-order valence-corrected chi connectivity index (χ3v) is 5.36. The Labute approximate surface area is 217 Å². The van der Waals surface area contributed by atoms with E-state index in [1.54, 1.807) is 31.2 Å². The maximum absolute atomic E-state index is 11.1. The van der Waals surface area contributed by atoms with Crippen molar-refractivity contribution in [1.82, 2.24) is 15.0 Å². The number of para-hydroxylation sites is 2. The molecule has 3 N–H and O–H groups in total. The second-order valence-corrected chi connectivity index (χ2v) is 8.12. The molecule has 2 aromatic heterocycles. The smallest absolute Gasteiger partial charge is 0.272 e. The van der Waals surface area contributed by atoms with Gasteiger partial charge in [-0.15, -0.1) is 0 Å². The predicted octanol–water partition coefficient (Wildman–Crippen LogP) is 6.28. The van der Waals surface area contributed by atoms with E-state index in [2.05, 4.69) is 36.1 Å². The van der Waals surface area contributed by atoms with Crippen LogP contribution in [-0.4, -0.2) is 26.1 Å². The first-order valence-corrected chi connectivity index (χ1v) is 11.6. The Bertz CT molecular complexity index is 1530. The molecule has 0 aliphatic rings. The molecule has 0 saturated heterocycles. The summed E-state index contributed by atoms with van der Waals surface area (Å²) in [6, 6.07) is 27.4. The Morgan fingerprint density at radius 3 is 2.00 bits per heavy atom. The maximum Gasteiger partial charge on any atom is 0.272 e. The lowest BCUT2D eigenvalue weighted by atomic mass is 10.1. The van der Waals surface area contributed by atoms with Crippen LogP contribution >= 0.6 is 0 Å². The van der Waals surface area contributed by atoms with E-state index in [-0.39, 0.29) is 11.6 Å². The Balaban J connectivity index is 1.33. The molecule has 3 aromatic carbocycles. The topological polar surface area (TPSA) is 143 Å². The van der Waals surface area contributed by atoms with Gasteiger partial charge in [-0.05, 0) is 55.5 Å². The van der Waals surface area contributed by atoms with Crippen LogP contribution in [0.4, 0.5) is 34.9 Å². The van der Waals surface area contributed by atoms with Crippen molar-refractivity contribution >= 4 is 41.1 Å². The molecule has 38 heavy (non-hydrogen) atoms. The SMILES string of the molecule is Cc1cc(-c2ccc(C=NNc3nc(Nc4ccccc4)nc(Nc4ccccc4)n3)o2)ccc1[N+](=O)[O-]. The summed E-state index contributed by atoms with van der Waals surface area (Å²) in [5.74, 6) is 1.91. The summed E-state index contributed by atoms with van der Waals surface area (Å²) in [6.07, 6.45) is 1.49. The minimum absolute atomic E-state index is 0.0610. The number of rotatable bonds is 9. The number of nitrogens with one attached hydrogen (secondary N) is 3. The highest BCUT2D eigenvalue weighted by atomic mass is 16.6. The van der Waals surface area contributed by atoms with E-state index in [0.29, 0.717) is 29.0 Å². The van der Waals surface area contributed by atoms with Gasteiger partial charge in [0.25, 0.3) is 5.69 Å². The zero-order valence-electron chi connectivity index (χ0n) is 20.2. The van der Waals surface area contributed by atoms with Gasteiger partial charge in [0, 0.05) is 28.6 Å². The van der Waals surface area contributed by atoms with E-state index < -0.39 is 4.92 Å². The summed E-state index contributed by atoms with van der Waals surface area (Å²) in [6.45, 7) is 1.69. The van der Waals surface area contributed by atoms with Crippen LogP contribution < -0.4 is 16.1 Å². The Morgan fingerprint density at radius 2 is 1.42 bits per heavy atom. The lowest BCUT2D eigenvalue weighted by Gasteiger charge is -2.10. The second kappa shape index (κ2) is 11.0. The number of benzene rings is 3. The molecule has 0 spiro atoms. The number of anilines is 5. The molecule has 0 aliphatic heterocycles. The third kappa shape index (κ3) is 5.97. The van der Waals surface area contributed by atoms with Gasteiger partial charge in [-0.1, -0.05) is 36.4 Å². The molecule has 5 aromatic rings. The van der Waals surface area contributed by atoms with E-state index in [1.807, 2.05) is 60.7 Å². The van der Waals surface area contributed by atoms with Crippen LogP contribution in [0.15, 0.2) is 101 Å². The molecule has 0 unspecified atom stereocenters. The average molecular weight is 507 g/mol. The van der Waals surface area contributed by atoms with Gasteiger partial charge in [-0.2, -0.15) is 20.1 Å². The first-order chi connectivity index (χ1) is 18.5. The van der Waals surface area contributed by atoms with Crippen LogP contribution in [0.5, 0.6) is 0 Å². The normalized spacial score (nSPS) is 10.9. The molecule has 0 saturated carbocycles. The van der Waals surface area contributed by atoms with Crippen LogP contribution in [0.2, 0.25) is 0 Å². The molecule has 0 bridgehead atoms. The first-order valence-electron chi connectivity index (χ1n) is 11.6. The minimum atomic E-state index is -0.409. The zero-order valence-corrected chi connectivity index (χ0v) is 20.2. The molecule has 5 rings (SSSR count). The van der Waals surface area contributed by atoms with Gasteiger partial charge in [0.1, 0.15) is 11.5 Å². The van der Waals surface area contributed by atoms with Crippen LogP contribution in [0, 0.1) is 17.0 Å². The molecule has 2 heterocycles. The monoisotopic (exact) mass is 506 g/mol. The number of nitro groups is 1. The van der Waals surface area contributed by atoms with Gasteiger partial charge in [-0.25, -0.2) is 5.43 Å². The van der Waals surface area contributed by atoms with Crippen molar-refractivity contribution in [2.45, 2.75) is 6.92 Å². The highest BCUT2D eigenvalue weighted by Gasteiger charge is 2.13. The van der Waals surface area contributed by atoms with Crippen molar-refractivity contribution in [3.05, 3.63) is 112 Å². The molecular formula is C27H22N8O3. The van der Waals surface area contributed by atoms with Gasteiger partial charge in [-0.3, -0.25) is 10.1 Å². The van der Waals surface area contributed by atoms with Crippen LogP contribution in [0.3, 0.4) is 0 Å². The number of nitro benzene ring substituents is 1. The highest BCUT2D eigenvalue weighted by molar-refractivity contribution is 5.78. The van der Waals surface area contributed by atoms with E-state index in [0.717, 1.165) is 16.9 Å². The lowest BCUT2D eigenvalue weighted by molar-refractivity contribution is -0.385. The summed E-state index contributed by atoms with van der Waals surface area (Å²) in [5.41, 5.74) is 5.80. The largest absolute Gasteiger partial charge is 0.455 e. The fraction of sp³-hybridized carbons (Fsp3) is 0.0370. The Kier molecular flexibility index (Phi) is 6.98. The fourth-order valence-corrected chi connectivity index (χ4v) is 3.58. The number of aryl methyl sites for hydroxylation is 1. The molecule has 0 radical (unpaired) electrons. The highest BCUT2D eigenvalue weighted by Crippen LogP contribution is 2.27. The zero-order chi connectivity index (χ0) is 26.3. The molecule has 11 nitrogen and oxygen atoms in total. The van der Waals surface area contributed by atoms with Crippen LogP contribution in [0.25, 0.3) is 11.3 Å². The number of aromatic nitrogens is 3. The van der Waals surface area contributed by atoms with E-state index in [9.17, 15) is 10.1 Å². The summed E-state index contributed by atoms with van der Waals surface area (Å²) in [7, 11) is 0. The quantitative estimate of drug-likeness (QED) is 0.119. The van der Waals surface area contributed by atoms with E-state index >= 15 is 0 Å². The van der Waals surface area contributed by atoms with Crippen molar-refractivity contribution in [3.8, 4) is 11.3 Å². The van der Waals surface area contributed by atoms with Gasteiger partial charge in [0.15, 0.2) is 0 Å². The first kappa shape index (κ1) is 24.1. The molecular weight excluding hydrogens is 484 g/mol. The summed E-state index contributed by atoms with van der Waals surface area (Å²) >= 11 is 0. The number of furan rings is 1. The number of nitrogens with zero attached hydrogens (tertiary/aromatic N) is 5. The van der Waals surface area contributed by atoms with Gasteiger partial charge >= 0.3 is 0 Å². The van der Waals surface area contributed by atoms with Gasteiger partial charge in [0.05, 0.1) is 11.1 Å². The van der Waals surface area contributed by atoms with Crippen molar-refractivity contribution in [1.29, 1.82) is 0 Å². The average Bonchev–Trinajstić information content (AvgIpc) is 3.38. The fourth-order valence-electron chi connectivity index (χ4n) is 3.58. The summed E-state index contributed by atoms with van der Waals surface area (Å²) in [4.78, 5) is 23.9. The molecule has 0 atom stereocenters. The Morgan fingerprint density at radius 1 is 0.816 bits per heavy atom. The Hall–Kier alpha value is -5.58. The molecule has 11 heteroatoms. The second-order valence-electron chi connectivity index (χ2n) is 8.12. The van der Waals surface area contributed by atoms with Crippen molar-refractivity contribution in [2.24, 2.45) is 5.10 Å². The van der Waals surface area contributed by atoms with Crippen LogP contribution in [-0.2, 0) is 0 Å². The minimum Gasteiger partial charge on any atom is -0.455 e. The van der Waals surface area contributed by atoms with Crippen LogP contribution in [0.1, 0.15) is 11.3 Å². The molecule has 0 fully saturated rings. The van der Waals surface area contributed by atoms with E-state index in [4.69, 9.17) is 4.42 Å². The standard InChI is InChI=1S/C27H22N8O3/c1-18-16-19(12-14-23(18)35(36)37)24-15-13-22(38-24)17-28-34-27-32-25(29-20-8-4-2-5-9-20)31-26(33-27)30-21-10-6-3-7-11-21/h2-17H,1H3,(H3,29,30,31,32,33,34). The molecule has 188 valence electrons. The maximum atomic E-state index is 11.1. The van der Waals surface area contributed by atoms with Crippen molar-refractivity contribution in [2.75, 3.05) is 16.1 Å².